The summed E-state index contributed by atoms with van der Waals surface area (Å²) < 4.78 is 5.59. The molecule has 0 aliphatic carbocycles. The van der Waals surface area contributed by atoms with E-state index in [0.29, 0.717) is 6.61 Å². The summed E-state index contributed by atoms with van der Waals surface area (Å²) in [5.41, 5.74) is 9.89. The minimum Gasteiger partial charge on any atom is -0.492 e. The van der Waals surface area contributed by atoms with Gasteiger partial charge in [0, 0.05) is 6.20 Å². The number of rotatable bonds is 5. The number of nitrogens with zero attached hydrogens (tertiary/aromatic N) is 3. The van der Waals surface area contributed by atoms with Crippen molar-refractivity contribution in [3.05, 3.63) is 47.0 Å². The van der Waals surface area contributed by atoms with Gasteiger partial charge in [-0.1, -0.05) is 6.92 Å². The van der Waals surface area contributed by atoms with Crippen molar-refractivity contribution < 1.29 is 4.74 Å². The lowest BCUT2D eigenvalue weighted by atomic mass is 10.00. The van der Waals surface area contributed by atoms with Crippen molar-refractivity contribution in [3.8, 4) is 5.75 Å². The number of aryl methyl sites for hydroxylation is 2. The highest BCUT2D eigenvalue weighted by Gasteiger charge is 2.14. The van der Waals surface area contributed by atoms with E-state index >= 15 is 0 Å². The van der Waals surface area contributed by atoms with Crippen LogP contribution < -0.4 is 10.5 Å². The molecule has 2 aromatic heterocycles. The third-order valence-corrected chi connectivity index (χ3v) is 3.04. The van der Waals surface area contributed by atoms with Gasteiger partial charge in [0.2, 0.25) is 0 Å². The van der Waals surface area contributed by atoms with Crippen LogP contribution in [-0.2, 0) is 0 Å². The largest absolute Gasteiger partial charge is 0.492 e. The molecule has 2 aromatic rings. The smallest absolute Gasteiger partial charge is 0.137 e. The Morgan fingerprint density at radius 2 is 2.00 bits per heavy atom. The van der Waals surface area contributed by atoms with Crippen molar-refractivity contribution in [3.63, 3.8) is 0 Å². The SMILES string of the molecule is CCCOc1cncc(C(N)c2cc(C)nnc2C)c1. The predicted molar refractivity (Wildman–Crippen MR) is 77.6 cm³/mol. The van der Waals surface area contributed by atoms with Crippen LogP contribution in [-0.4, -0.2) is 21.8 Å². The standard InChI is InChI=1S/C15H20N4O/c1-4-5-20-13-7-12(8-17-9-13)15(16)14-6-10(2)18-19-11(14)3/h6-9,15H,4-5,16H2,1-3H3. The van der Waals surface area contributed by atoms with E-state index in [-0.39, 0.29) is 6.04 Å². The molecular formula is C15H20N4O. The van der Waals surface area contributed by atoms with Crippen molar-refractivity contribution in [1.82, 2.24) is 15.2 Å². The van der Waals surface area contributed by atoms with Gasteiger partial charge in [0.05, 0.1) is 30.2 Å². The van der Waals surface area contributed by atoms with Gasteiger partial charge in [0.1, 0.15) is 5.75 Å². The Bertz CT molecular complexity index is 586. The summed E-state index contributed by atoms with van der Waals surface area (Å²) in [5, 5.41) is 8.14. The van der Waals surface area contributed by atoms with E-state index in [1.54, 1.807) is 12.4 Å². The summed E-state index contributed by atoms with van der Waals surface area (Å²) >= 11 is 0. The third kappa shape index (κ3) is 3.30. The molecule has 0 spiro atoms. The van der Waals surface area contributed by atoms with Crippen LogP contribution in [0.15, 0.2) is 24.5 Å². The second-order valence-electron chi connectivity index (χ2n) is 4.81. The van der Waals surface area contributed by atoms with Crippen LogP contribution in [0.3, 0.4) is 0 Å². The third-order valence-electron chi connectivity index (χ3n) is 3.04. The monoisotopic (exact) mass is 272 g/mol. The second-order valence-corrected chi connectivity index (χ2v) is 4.81. The summed E-state index contributed by atoms with van der Waals surface area (Å²) in [6.07, 6.45) is 4.43. The van der Waals surface area contributed by atoms with E-state index in [9.17, 15) is 0 Å². The quantitative estimate of drug-likeness (QED) is 0.904. The molecule has 0 radical (unpaired) electrons. The van der Waals surface area contributed by atoms with Crippen LogP contribution in [0.5, 0.6) is 5.75 Å². The van der Waals surface area contributed by atoms with E-state index in [2.05, 4.69) is 22.1 Å². The van der Waals surface area contributed by atoms with Crippen LogP contribution in [0.25, 0.3) is 0 Å². The first-order chi connectivity index (χ1) is 9.61. The van der Waals surface area contributed by atoms with Gasteiger partial charge >= 0.3 is 0 Å². The van der Waals surface area contributed by atoms with Crippen molar-refractivity contribution in [1.29, 1.82) is 0 Å². The average Bonchev–Trinajstić information content (AvgIpc) is 2.47. The van der Waals surface area contributed by atoms with Crippen molar-refractivity contribution in [2.45, 2.75) is 33.2 Å². The first-order valence-corrected chi connectivity index (χ1v) is 6.76. The molecule has 2 heterocycles. The van der Waals surface area contributed by atoms with Crippen LogP contribution in [0, 0.1) is 13.8 Å². The van der Waals surface area contributed by atoms with E-state index in [4.69, 9.17) is 10.5 Å². The van der Waals surface area contributed by atoms with Gasteiger partial charge in [-0.3, -0.25) is 4.98 Å². The Morgan fingerprint density at radius 3 is 2.75 bits per heavy atom. The summed E-state index contributed by atoms with van der Waals surface area (Å²) in [6, 6.07) is 3.62. The fourth-order valence-electron chi connectivity index (χ4n) is 1.97. The number of hydrogen-bond donors (Lipinski definition) is 1. The van der Waals surface area contributed by atoms with E-state index < -0.39 is 0 Å². The topological polar surface area (TPSA) is 73.9 Å². The summed E-state index contributed by atoms with van der Waals surface area (Å²) in [5.74, 6) is 0.746. The Kier molecular flexibility index (Phi) is 4.63. The van der Waals surface area contributed by atoms with Gasteiger partial charge in [0.15, 0.2) is 0 Å². The lowest BCUT2D eigenvalue weighted by Gasteiger charge is -2.15. The number of aromatic nitrogens is 3. The zero-order valence-electron chi connectivity index (χ0n) is 12.1. The lowest BCUT2D eigenvalue weighted by Crippen LogP contribution is -2.15. The molecule has 0 aromatic carbocycles. The number of pyridine rings is 1. The molecule has 2 N–H and O–H groups in total. The normalized spacial score (nSPS) is 12.2. The highest BCUT2D eigenvalue weighted by atomic mass is 16.5. The number of nitrogens with two attached hydrogens (primary N) is 1. The van der Waals surface area contributed by atoms with Gasteiger partial charge < -0.3 is 10.5 Å². The Hall–Kier alpha value is -2.01. The first kappa shape index (κ1) is 14.4. The van der Waals surface area contributed by atoms with Crippen LogP contribution in [0.1, 0.15) is 41.9 Å². The molecule has 0 saturated heterocycles. The maximum Gasteiger partial charge on any atom is 0.137 e. The zero-order chi connectivity index (χ0) is 14.5. The van der Waals surface area contributed by atoms with Crippen molar-refractivity contribution in [2.24, 2.45) is 5.73 Å². The van der Waals surface area contributed by atoms with Crippen molar-refractivity contribution >= 4 is 0 Å². The summed E-state index contributed by atoms with van der Waals surface area (Å²) in [7, 11) is 0. The van der Waals surface area contributed by atoms with Crippen LogP contribution >= 0.6 is 0 Å². The molecule has 2 rings (SSSR count). The second kappa shape index (κ2) is 6.43. The Balaban J connectivity index is 2.28. The maximum absolute atomic E-state index is 6.32. The molecule has 0 saturated carbocycles. The summed E-state index contributed by atoms with van der Waals surface area (Å²) in [6.45, 7) is 6.56. The fourth-order valence-corrected chi connectivity index (χ4v) is 1.97. The molecule has 0 fully saturated rings. The van der Waals surface area contributed by atoms with E-state index in [1.807, 2.05) is 26.0 Å². The van der Waals surface area contributed by atoms with Gasteiger partial charge in [-0.25, -0.2) is 0 Å². The molecular weight excluding hydrogens is 252 g/mol. The minimum atomic E-state index is -0.276. The molecule has 106 valence electrons. The molecule has 1 unspecified atom stereocenters. The molecule has 20 heavy (non-hydrogen) atoms. The molecule has 0 bridgehead atoms. The maximum atomic E-state index is 6.32. The molecule has 0 aliphatic rings. The van der Waals surface area contributed by atoms with Gasteiger partial charge in [-0.15, -0.1) is 0 Å². The molecule has 5 heteroatoms. The van der Waals surface area contributed by atoms with Gasteiger partial charge in [-0.05, 0) is 43.5 Å². The molecule has 5 nitrogen and oxygen atoms in total. The van der Waals surface area contributed by atoms with E-state index in [1.165, 1.54) is 0 Å². The van der Waals surface area contributed by atoms with Crippen LogP contribution in [0.2, 0.25) is 0 Å². The summed E-state index contributed by atoms with van der Waals surface area (Å²) in [4.78, 5) is 4.20. The van der Waals surface area contributed by atoms with Crippen molar-refractivity contribution in [2.75, 3.05) is 6.61 Å². The highest BCUT2D eigenvalue weighted by molar-refractivity contribution is 5.35. The van der Waals surface area contributed by atoms with Gasteiger partial charge in [-0.2, -0.15) is 10.2 Å². The van der Waals surface area contributed by atoms with Crippen LogP contribution in [0.4, 0.5) is 0 Å². The molecule has 1 atom stereocenters. The predicted octanol–water partition coefficient (Wildman–Crippen LogP) is 2.33. The fraction of sp³-hybridized carbons (Fsp3) is 0.400. The average molecular weight is 272 g/mol. The highest BCUT2D eigenvalue weighted by Crippen LogP contribution is 2.24. The lowest BCUT2D eigenvalue weighted by molar-refractivity contribution is 0.315. The first-order valence-electron chi connectivity index (χ1n) is 6.76. The number of hydrogen-bond acceptors (Lipinski definition) is 5. The molecule has 0 amide bonds. The zero-order valence-corrected chi connectivity index (χ0v) is 12.1. The van der Waals surface area contributed by atoms with Gasteiger partial charge in [0.25, 0.3) is 0 Å². The Labute approximate surface area is 119 Å². The molecule has 0 aliphatic heterocycles. The van der Waals surface area contributed by atoms with E-state index in [0.717, 1.165) is 34.7 Å². The Morgan fingerprint density at radius 1 is 1.20 bits per heavy atom. The minimum absolute atomic E-state index is 0.276. The number of ether oxygens (including phenoxy) is 1.